The number of hydrogen-bond donors (Lipinski definition) is 0. The molecule has 0 aliphatic carbocycles. The molecule has 0 saturated heterocycles. The molecule has 0 saturated carbocycles. The van der Waals surface area contributed by atoms with Gasteiger partial charge in [0.2, 0.25) is 0 Å². The molecule has 124 valence electrons. The summed E-state index contributed by atoms with van der Waals surface area (Å²) in [6, 6.07) is 6.26. The number of nitrogens with zero attached hydrogens (tertiary/aromatic N) is 4. The maximum atomic E-state index is 13.7. The largest absolute Gasteiger partial charge is 0.294 e. The Kier molecular flexibility index (Phi) is 3.87. The molecule has 2 aromatic heterocycles. The SMILES string of the molecule is CC(C)(C)c1nnc2ccc(CC(=O)c3ccc(F)cc3F)nn12. The zero-order valence-corrected chi connectivity index (χ0v) is 13.5. The highest BCUT2D eigenvalue weighted by atomic mass is 19.1. The van der Waals surface area contributed by atoms with E-state index in [1.165, 1.54) is 0 Å². The van der Waals surface area contributed by atoms with Gasteiger partial charge in [-0.1, -0.05) is 20.8 Å². The maximum Gasteiger partial charge on any atom is 0.177 e. The quantitative estimate of drug-likeness (QED) is 0.692. The van der Waals surface area contributed by atoms with Gasteiger partial charge in [-0.2, -0.15) is 9.61 Å². The molecule has 0 N–H and O–H groups in total. The lowest BCUT2D eigenvalue weighted by atomic mass is 9.96. The third-order valence-electron chi connectivity index (χ3n) is 3.56. The van der Waals surface area contributed by atoms with E-state index in [9.17, 15) is 13.6 Å². The van der Waals surface area contributed by atoms with Crippen LogP contribution in [0.25, 0.3) is 5.65 Å². The molecule has 5 nitrogen and oxygen atoms in total. The number of carbonyl (C=O) groups is 1. The van der Waals surface area contributed by atoms with Gasteiger partial charge in [0.05, 0.1) is 17.7 Å². The number of hydrogen-bond acceptors (Lipinski definition) is 4. The molecule has 0 fully saturated rings. The van der Waals surface area contributed by atoms with Crippen LogP contribution < -0.4 is 0 Å². The number of carbonyl (C=O) groups excluding carboxylic acids is 1. The summed E-state index contributed by atoms with van der Waals surface area (Å²) in [6.07, 6.45) is -0.0970. The average molecular weight is 330 g/mol. The molecule has 24 heavy (non-hydrogen) atoms. The van der Waals surface area contributed by atoms with Crippen molar-refractivity contribution in [1.29, 1.82) is 0 Å². The van der Waals surface area contributed by atoms with Crippen molar-refractivity contribution < 1.29 is 13.6 Å². The number of ketones is 1. The Morgan fingerprint density at radius 1 is 1.12 bits per heavy atom. The Balaban J connectivity index is 1.94. The summed E-state index contributed by atoms with van der Waals surface area (Å²) in [7, 11) is 0. The highest BCUT2D eigenvalue weighted by molar-refractivity contribution is 5.97. The lowest BCUT2D eigenvalue weighted by Gasteiger charge is -2.15. The minimum atomic E-state index is -0.874. The van der Waals surface area contributed by atoms with Crippen LogP contribution in [0.15, 0.2) is 30.3 Å². The molecular weight excluding hydrogens is 314 g/mol. The van der Waals surface area contributed by atoms with Gasteiger partial charge >= 0.3 is 0 Å². The predicted octanol–water partition coefficient (Wildman–Crippen LogP) is 3.13. The molecule has 0 aliphatic rings. The molecule has 7 heteroatoms. The molecule has 2 heterocycles. The van der Waals surface area contributed by atoms with Crippen molar-refractivity contribution in [2.45, 2.75) is 32.6 Å². The second-order valence-electron chi connectivity index (χ2n) is 6.59. The maximum absolute atomic E-state index is 13.7. The van der Waals surface area contributed by atoms with Crippen LogP contribution in [0.5, 0.6) is 0 Å². The van der Waals surface area contributed by atoms with E-state index in [4.69, 9.17) is 0 Å². The first kappa shape index (κ1) is 16.2. The Bertz CT molecular complexity index is 928. The van der Waals surface area contributed by atoms with Crippen LogP contribution in [-0.4, -0.2) is 25.6 Å². The predicted molar refractivity (Wildman–Crippen MR) is 83.9 cm³/mol. The van der Waals surface area contributed by atoms with Gasteiger partial charge in [0.15, 0.2) is 17.3 Å². The van der Waals surface area contributed by atoms with Gasteiger partial charge in [-0.3, -0.25) is 4.79 Å². The lowest BCUT2D eigenvalue weighted by molar-refractivity contribution is 0.0987. The number of fused-ring (bicyclic) bond motifs is 1. The first-order valence-corrected chi connectivity index (χ1v) is 7.46. The summed E-state index contributed by atoms with van der Waals surface area (Å²) in [5.74, 6) is -1.40. The van der Waals surface area contributed by atoms with E-state index < -0.39 is 17.4 Å². The van der Waals surface area contributed by atoms with Crippen LogP contribution in [-0.2, 0) is 11.8 Å². The fourth-order valence-electron chi connectivity index (χ4n) is 2.36. The van der Waals surface area contributed by atoms with Gasteiger partial charge < -0.3 is 0 Å². The molecule has 0 radical (unpaired) electrons. The minimum Gasteiger partial charge on any atom is -0.294 e. The number of halogens is 2. The number of benzene rings is 1. The Morgan fingerprint density at radius 3 is 2.54 bits per heavy atom. The smallest absolute Gasteiger partial charge is 0.177 e. The molecular formula is C17H16F2N4O. The molecule has 0 aliphatic heterocycles. The van der Waals surface area contributed by atoms with E-state index in [0.717, 1.165) is 12.1 Å². The highest BCUT2D eigenvalue weighted by Gasteiger charge is 2.22. The van der Waals surface area contributed by atoms with Crippen molar-refractivity contribution in [3.63, 3.8) is 0 Å². The van der Waals surface area contributed by atoms with Gasteiger partial charge in [-0.15, -0.1) is 10.2 Å². The topological polar surface area (TPSA) is 60.2 Å². The number of rotatable bonds is 3. The van der Waals surface area contributed by atoms with Crippen molar-refractivity contribution in [2.75, 3.05) is 0 Å². The van der Waals surface area contributed by atoms with E-state index >= 15 is 0 Å². The molecule has 0 bridgehead atoms. The average Bonchev–Trinajstić information content (AvgIpc) is 2.90. The van der Waals surface area contributed by atoms with Gasteiger partial charge in [-0.25, -0.2) is 8.78 Å². The lowest BCUT2D eigenvalue weighted by Crippen LogP contribution is -2.18. The minimum absolute atomic E-state index is 0.0970. The van der Waals surface area contributed by atoms with Crippen molar-refractivity contribution in [2.24, 2.45) is 0 Å². The summed E-state index contributed by atoms with van der Waals surface area (Å²) in [6.45, 7) is 5.95. The van der Waals surface area contributed by atoms with Crippen molar-refractivity contribution in [3.05, 3.63) is 59.0 Å². The van der Waals surface area contributed by atoms with Crippen LogP contribution >= 0.6 is 0 Å². The summed E-state index contributed by atoms with van der Waals surface area (Å²) >= 11 is 0. The van der Waals surface area contributed by atoms with E-state index in [-0.39, 0.29) is 17.4 Å². The van der Waals surface area contributed by atoms with Crippen LogP contribution in [0.2, 0.25) is 0 Å². The van der Waals surface area contributed by atoms with Crippen LogP contribution in [0.3, 0.4) is 0 Å². The third kappa shape index (κ3) is 3.02. The second-order valence-corrected chi connectivity index (χ2v) is 6.59. The normalized spacial score (nSPS) is 11.9. The van der Waals surface area contributed by atoms with E-state index in [1.807, 2.05) is 20.8 Å². The van der Waals surface area contributed by atoms with Gasteiger partial charge in [0.1, 0.15) is 11.6 Å². The summed E-state index contributed by atoms with van der Waals surface area (Å²) in [5, 5.41) is 12.6. The van der Waals surface area contributed by atoms with E-state index in [2.05, 4.69) is 15.3 Å². The molecule has 0 amide bonds. The second kappa shape index (κ2) is 5.74. The standard InChI is InChI=1S/C17H16F2N4O/c1-17(2,3)16-21-20-15-7-5-11(22-23(15)16)9-14(24)12-6-4-10(18)8-13(12)19/h4-8H,9H2,1-3H3. The Morgan fingerprint density at radius 2 is 1.88 bits per heavy atom. The first-order chi connectivity index (χ1) is 11.3. The number of Topliss-reactive ketones (excluding diaryl/α,β-unsaturated/α-hetero) is 1. The summed E-state index contributed by atoms with van der Waals surface area (Å²) in [5.41, 5.74) is 0.613. The molecule has 3 aromatic rings. The molecule has 0 atom stereocenters. The third-order valence-corrected chi connectivity index (χ3v) is 3.56. The van der Waals surface area contributed by atoms with Gasteiger partial charge in [-0.05, 0) is 24.3 Å². The van der Waals surface area contributed by atoms with Crippen LogP contribution in [0, 0.1) is 11.6 Å². The number of aromatic nitrogens is 4. The van der Waals surface area contributed by atoms with E-state index in [1.54, 1.807) is 16.6 Å². The van der Waals surface area contributed by atoms with Crippen LogP contribution in [0.1, 0.15) is 42.6 Å². The summed E-state index contributed by atoms with van der Waals surface area (Å²) in [4.78, 5) is 12.3. The zero-order valence-electron chi connectivity index (χ0n) is 13.5. The molecule has 1 aromatic carbocycles. The monoisotopic (exact) mass is 330 g/mol. The fraction of sp³-hybridized carbons (Fsp3) is 0.294. The van der Waals surface area contributed by atoms with Crippen molar-refractivity contribution >= 4 is 11.4 Å². The highest BCUT2D eigenvalue weighted by Crippen LogP contribution is 2.20. The zero-order chi connectivity index (χ0) is 17.5. The fourth-order valence-corrected chi connectivity index (χ4v) is 2.36. The van der Waals surface area contributed by atoms with Gasteiger partial charge in [0.25, 0.3) is 0 Å². The summed E-state index contributed by atoms with van der Waals surface area (Å²) < 4.78 is 28.3. The van der Waals surface area contributed by atoms with Crippen molar-refractivity contribution in [1.82, 2.24) is 19.8 Å². The van der Waals surface area contributed by atoms with Crippen molar-refractivity contribution in [3.8, 4) is 0 Å². The molecule has 3 rings (SSSR count). The molecule has 0 unspecified atom stereocenters. The first-order valence-electron chi connectivity index (χ1n) is 7.46. The molecule has 0 spiro atoms. The Hall–Kier alpha value is -2.70. The van der Waals surface area contributed by atoms with E-state index in [0.29, 0.717) is 23.2 Å². The van der Waals surface area contributed by atoms with Gasteiger partial charge in [0, 0.05) is 11.5 Å². The Labute approximate surface area is 137 Å². The van der Waals surface area contributed by atoms with Crippen LogP contribution in [0.4, 0.5) is 8.78 Å².